The van der Waals surface area contributed by atoms with Crippen LogP contribution < -0.4 is 0 Å². The van der Waals surface area contributed by atoms with Crippen molar-refractivity contribution in [1.82, 2.24) is 15.0 Å². The molecule has 37 heavy (non-hydrogen) atoms. The zero-order valence-electron chi connectivity index (χ0n) is 19.6. The van der Waals surface area contributed by atoms with E-state index in [-0.39, 0.29) is 41.5 Å². The summed E-state index contributed by atoms with van der Waals surface area (Å²) in [5, 5.41) is 12.5. The second-order valence-corrected chi connectivity index (χ2v) is 8.46. The Morgan fingerprint density at radius 3 is 2.38 bits per heavy atom. The van der Waals surface area contributed by atoms with Crippen molar-refractivity contribution in [2.24, 2.45) is 0 Å². The van der Waals surface area contributed by atoms with Gasteiger partial charge < -0.3 is 9.63 Å². The van der Waals surface area contributed by atoms with Gasteiger partial charge in [-0.3, -0.25) is 9.69 Å². The number of carboxylic acid groups (broad SMARTS) is 1. The van der Waals surface area contributed by atoms with Gasteiger partial charge in [0.25, 0.3) is 5.89 Å². The molecule has 1 N–H and O–H groups in total. The number of carbonyl (C=O) groups is 1. The smallest absolute Gasteiger partial charge is 0.417 e. The monoisotopic (exact) mass is 517 g/mol. The quantitative estimate of drug-likeness (QED) is 0.295. The fourth-order valence-electron chi connectivity index (χ4n) is 3.98. The number of aryl methyl sites for hydroxylation is 1. The van der Waals surface area contributed by atoms with E-state index in [4.69, 9.17) is 9.63 Å². The predicted molar refractivity (Wildman–Crippen MR) is 124 cm³/mol. The summed E-state index contributed by atoms with van der Waals surface area (Å²) in [6, 6.07) is 12.4. The number of alkyl halides is 3. The van der Waals surface area contributed by atoms with Gasteiger partial charge in [-0.15, -0.1) is 0 Å². The molecule has 4 rings (SSSR count). The molecule has 6 nitrogen and oxygen atoms in total. The Balaban J connectivity index is 1.62. The van der Waals surface area contributed by atoms with Crippen LogP contribution in [0.3, 0.4) is 0 Å². The fourth-order valence-corrected chi connectivity index (χ4v) is 3.98. The molecule has 0 aliphatic rings. The van der Waals surface area contributed by atoms with E-state index >= 15 is 0 Å². The maximum Gasteiger partial charge on any atom is 0.417 e. The van der Waals surface area contributed by atoms with E-state index in [2.05, 4.69) is 10.1 Å². The Morgan fingerprint density at radius 2 is 1.70 bits per heavy atom. The second kappa shape index (κ2) is 10.1. The van der Waals surface area contributed by atoms with Gasteiger partial charge in [-0.25, -0.2) is 8.78 Å². The number of aromatic nitrogens is 2. The van der Waals surface area contributed by atoms with Crippen LogP contribution in [0.4, 0.5) is 22.0 Å². The van der Waals surface area contributed by atoms with E-state index < -0.39 is 29.3 Å². The minimum atomic E-state index is -4.52. The van der Waals surface area contributed by atoms with E-state index in [1.54, 1.807) is 13.0 Å². The summed E-state index contributed by atoms with van der Waals surface area (Å²) in [4.78, 5) is 16.2. The van der Waals surface area contributed by atoms with Gasteiger partial charge in [-0.2, -0.15) is 18.2 Å². The topological polar surface area (TPSA) is 79.5 Å². The van der Waals surface area contributed by atoms with Crippen molar-refractivity contribution in [3.8, 4) is 34.0 Å². The molecule has 0 saturated heterocycles. The third kappa shape index (κ3) is 5.51. The van der Waals surface area contributed by atoms with Gasteiger partial charge in [0, 0.05) is 17.7 Å². The maximum atomic E-state index is 14.8. The third-order valence-electron chi connectivity index (χ3n) is 5.67. The molecule has 192 valence electrons. The van der Waals surface area contributed by atoms with Gasteiger partial charge in [0.1, 0.15) is 0 Å². The van der Waals surface area contributed by atoms with Crippen molar-refractivity contribution in [1.29, 1.82) is 0 Å². The molecule has 0 atom stereocenters. The molecule has 1 aromatic heterocycles. The number of halogens is 5. The van der Waals surface area contributed by atoms with E-state index in [1.807, 2.05) is 0 Å². The molecule has 0 bridgehead atoms. The number of hydrogen-bond donors (Lipinski definition) is 1. The van der Waals surface area contributed by atoms with Crippen LogP contribution in [-0.2, 0) is 17.5 Å². The molecule has 0 amide bonds. The largest absolute Gasteiger partial charge is 0.480 e. The Hall–Kier alpha value is -4.12. The molecule has 0 aliphatic carbocycles. The van der Waals surface area contributed by atoms with Gasteiger partial charge in [-0.1, -0.05) is 35.5 Å². The van der Waals surface area contributed by atoms with Crippen molar-refractivity contribution in [3.05, 3.63) is 82.9 Å². The zero-order valence-corrected chi connectivity index (χ0v) is 19.6. The van der Waals surface area contributed by atoms with Gasteiger partial charge in [-0.05, 0) is 54.9 Å². The average molecular weight is 517 g/mol. The molecule has 0 radical (unpaired) electrons. The first-order valence-corrected chi connectivity index (χ1v) is 10.9. The van der Waals surface area contributed by atoms with Crippen molar-refractivity contribution >= 4 is 5.97 Å². The second-order valence-electron chi connectivity index (χ2n) is 8.46. The number of rotatable bonds is 7. The van der Waals surface area contributed by atoms with Crippen molar-refractivity contribution in [2.75, 3.05) is 13.6 Å². The predicted octanol–water partition coefficient (Wildman–Crippen LogP) is 6.19. The zero-order chi connectivity index (χ0) is 26.9. The highest BCUT2D eigenvalue weighted by Gasteiger charge is 2.33. The SMILES string of the molecule is Cc1cc(-c2nc(-c3ccc(CN(C)CC(=O)O)c(F)c3F)no2)ccc1-c1ccccc1C(F)(F)F. The van der Waals surface area contributed by atoms with Crippen LogP contribution >= 0.6 is 0 Å². The lowest BCUT2D eigenvalue weighted by Crippen LogP contribution is -2.25. The summed E-state index contributed by atoms with van der Waals surface area (Å²) in [6.45, 7) is 1.16. The van der Waals surface area contributed by atoms with Gasteiger partial charge in [0.15, 0.2) is 11.6 Å². The van der Waals surface area contributed by atoms with Crippen LogP contribution in [0.2, 0.25) is 0 Å². The first-order chi connectivity index (χ1) is 17.5. The lowest BCUT2D eigenvalue weighted by Gasteiger charge is -2.15. The van der Waals surface area contributed by atoms with Gasteiger partial charge in [0.05, 0.1) is 17.7 Å². The van der Waals surface area contributed by atoms with Crippen LogP contribution in [0.15, 0.2) is 59.1 Å². The molecule has 0 saturated carbocycles. The molecule has 0 unspecified atom stereocenters. The van der Waals surface area contributed by atoms with Crippen molar-refractivity contribution in [3.63, 3.8) is 0 Å². The number of carboxylic acids is 1. The van der Waals surface area contributed by atoms with E-state index in [0.717, 1.165) is 6.07 Å². The molecule has 0 spiro atoms. The van der Waals surface area contributed by atoms with Crippen LogP contribution in [0.1, 0.15) is 16.7 Å². The highest BCUT2D eigenvalue weighted by molar-refractivity contribution is 5.74. The third-order valence-corrected chi connectivity index (χ3v) is 5.67. The number of benzene rings is 3. The van der Waals surface area contributed by atoms with Gasteiger partial charge in [0.2, 0.25) is 5.82 Å². The van der Waals surface area contributed by atoms with Crippen LogP contribution in [0.5, 0.6) is 0 Å². The number of nitrogens with zero attached hydrogens (tertiary/aromatic N) is 3. The highest BCUT2D eigenvalue weighted by Crippen LogP contribution is 2.39. The highest BCUT2D eigenvalue weighted by atomic mass is 19.4. The molecule has 0 aliphatic heterocycles. The fraction of sp³-hybridized carbons (Fsp3) is 0.192. The minimum absolute atomic E-state index is 0.0249. The first kappa shape index (κ1) is 26.0. The van der Waals surface area contributed by atoms with E-state index in [0.29, 0.717) is 16.7 Å². The van der Waals surface area contributed by atoms with Gasteiger partial charge >= 0.3 is 12.1 Å². The normalized spacial score (nSPS) is 11.8. The molecule has 4 aromatic rings. The van der Waals surface area contributed by atoms with Crippen LogP contribution in [0, 0.1) is 18.6 Å². The average Bonchev–Trinajstić information content (AvgIpc) is 3.31. The lowest BCUT2D eigenvalue weighted by molar-refractivity contribution is -0.138. The molecule has 0 fully saturated rings. The molecule has 1 heterocycles. The Kier molecular flexibility index (Phi) is 7.08. The Bertz CT molecular complexity index is 1470. The van der Waals surface area contributed by atoms with Crippen molar-refractivity contribution < 1.29 is 36.4 Å². The molecular formula is C26H20F5N3O3. The number of likely N-dealkylation sites (N-methyl/N-ethyl adjacent to an activating group) is 1. The number of aliphatic carboxylic acids is 1. The van der Waals surface area contributed by atoms with E-state index in [9.17, 15) is 26.7 Å². The maximum absolute atomic E-state index is 14.8. The summed E-state index contributed by atoms with van der Waals surface area (Å²) in [7, 11) is 1.46. The Morgan fingerprint density at radius 1 is 1.00 bits per heavy atom. The number of hydrogen-bond acceptors (Lipinski definition) is 5. The Labute approximate surface area is 208 Å². The molecular weight excluding hydrogens is 497 g/mol. The summed E-state index contributed by atoms with van der Waals surface area (Å²) in [5.74, 6) is -3.74. The molecule has 11 heteroatoms. The molecule has 3 aromatic carbocycles. The van der Waals surface area contributed by atoms with Crippen LogP contribution in [0.25, 0.3) is 34.0 Å². The summed E-state index contributed by atoms with van der Waals surface area (Å²) >= 11 is 0. The lowest BCUT2D eigenvalue weighted by atomic mass is 9.94. The van der Waals surface area contributed by atoms with Crippen molar-refractivity contribution in [2.45, 2.75) is 19.6 Å². The summed E-state index contributed by atoms with van der Waals surface area (Å²) < 4.78 is 75.0. The minimum Gasteiger partial charge on any atom is -0.480 e. The first-order valence-electron chi connectivity index (χ1n) is 10.9. The summed E-state index contributed by atoms with van der Waals surface area (Å²) in [5.41, 5.74) is 0.230. The standard InChI is InChI=1S/C26H20F5N3O3/c1-14-11-15(7-9-17(14)18-5-3-4-6-20(18)26(29,30)31)25-32-24(33-37-25)19-10-8-16(22(27)23(19)28)12-34(2)13-21(35)36/h3-11H,12-13H2,1-2H3,(H,35,36). The summed E-state index contributed by atoms with van der Waals surface area (Å²) in [6.07, 6.45) is -4.52. The van der Waals surface area contributed by atoms with Crippen LogP contribution in [-0.4, -0.2) is 39.7 Å². The van der Waals surface area contributed by atoms with E-state index in [1.165, 1.54) is 54.4 Å².